The lowest BCUT2D eigenvalue weighted by atomic mass is 10.2. The van der Waals surface area contributed by atoms with Crippen molar-refractivity contribution in [3.8, 4) is 0 Å². The third-order valence-corrected chi connectivity index (χ3v) is 2.88. The van der Waals surface area contributed by atoms with E-state index in [1.807, 2.05) is 31.2 Å². The first-order valence-electron chi connectivity index (χ1n) is 6.50. The molecule has 4 heteroatoms. The van der Waals surface area contributed by atoms with Crippen molar-refractivity contribution in [2.75, 3.05) is 17.2 Å². The van der Waals surface area contributed by atoms with E-state index in [0.29, 0.717) is 12.2 Å². The molecule has 0 bridgehead atoms. The van der Waals surface area contributed by atoms with Crippen LogP contribution in [0.25, 0.3) is 0 Å². The number of amides is 1. The minimum absolute atomic E-state index is 0.0994. The molecule has 2 aromatic carbocycles. The van der Waals surface area contributed by atoms with Crippen LogP contribution >= 0.6 is 0 Å². The largest absolute Gasteiger partial charge is 0.382 e. The number of anilines is 2. The Bertz CT molecular complexity index is 581. The summed E-state index contributed by atoms with van der Waals surface area (Å²) < 4.78 is 13.3. The average molecular weight is 272 g/mol. The van der Waals surface area contributed by atoms with Crippen molar-refractivity contribution in [1.29, 1.82) is 0 Å². The fraction of sp³-hybridized carbons (Fsp3) is 0.188. The van der Waals surface area contributed by atoms with Crippen LogP contribution in [0.3, 0.4) is 0 Å². The number of halogens is 1. The van der Waals surface area contributed by atoms with Gasteiger partial charge in [-0.15, -0.1) is 0 Å². The van der Waals surface area contributed by atoms with Gasteiger partial charge in [-0.1, -0.05) is 29.8 Å². The van der Waals surface area contributed by atoms with Gasteiger partial charge in [-0.2, -0.15) is 0 Å². The van der Waals surface area contributed by atoms with E-state index in [1.54, 1.807) is 18.2 Å². The van der Waals surface area contributed by atoms with Gasteiger partial charge >= 0.3 is 0 Å². The zero-order valence-corrected chi connectivity index (χ0v) is 11.3. The van der Waals surface area contributed by atoms with Gasteiger partial charge in [-0.25, -0.2) is 4.39 Å². The van der Waals surface area contributed by atoms with E-state index >= 15 is 0 Å². The number of rotatable bonds is 5. The minimum Gasteiger partial charge on any atom is -0.382 e. The topological polar surface area (TPSA) is 41.1 Å². The number of carbonyl (C=O) groups excluding carboxylic acids is 1. The molecule has 0 saturated carbocycles. The highest BCUT2D eigenvalue weighted by Gasteiger charge is 2.03. The smallest absolute Gasteiger partial charge is 0.226 e. The zero-order chi connectivity index (χ0) is 14.4. The van der Waals surface area contributed by atoms with E-state index in [1.165, 1.54) is 6.07 Å². The van der Waals surface area contributed by atoms with Crippen LogP contribution in [0.1, 0.15) is 12.0 Å². The van der Waals surface area contributed by atoms with E-state index in [2.05, 4.69) is 10.6 Å². The summed E-state index contributed by atoms with van der Waals surface area (Å²) in [6.45, 7) is 2.38. The van der Waals surface area contributed by atoms with Crippen LogP contribution < -0.4 is 10.6 Å². The SMILES string of the molecule is Cc1ccc(NC(=O)CCNc2ccccc2F)cc1. The molecule has 0 saturated heterocycles. The van der Waals surface area contributed by atoms with E-state index in [0.717, 1.165) is 11.3 Å². The van der Waals surface area contributed by atoms with Gasteiger partial charge in [0.2, 0.25) is 5.91 Å². The summed E-state index contributed by atoms with van der Waals surface area (Å²) in [6.07, 6.45) is 0.280. The normalized spacial score (nSPS) is 10.1. The van der Waals surface area contributed by atoms with E-state index in [9.17, 15) is 9.18 Å². The number of aryl methyl sites for hydroxylation is 1. The molecule has 0 aliphatic carbocycles. The molecule has 3 nitrogen and oxygen atoms in total. The molecule has 0 unspecified atom stereocenters. The molecule has 2 aromatic rings. The second kappa shape index (κ2) is 6.70. The lowest BCUT2D eigenvalue weighted by molar-refractivity contribution is -0.115. The van der Waals surface area contributed by atoms with Gasteiger partial charge in [0.05, 0.1) is 5.69 Å². The molecule has 0 atom stereocenters. The molecule has 0 heterocycles. The molecular formula is C16H17FN2O. The second-order valence-electron chi connectivity index (χ2n) is 4.57. The predicted molar refractivity (Wildman–Crippen MR) is 79.3 cm³/mol. The fourth-order valence-electron chi connectivity index (χ4n) is 1.78. The fourth-order valence-corrected chi connectivity index (χ4v) is 1.78. The molecule has 1 amide bonds. The molecule has 0 aromatic heterocycles. The average Bonchev–Trinajstić information content (AvgIpc) is 2.43. The van der Waals surface area contributed by atoms with Crippen molar-refractivity contribution in [2.24, 2.45) is 0 Å². The highest BCUT2D eigenvalue weighted by atomic mass is 19.1. The van der Waals surface area contributed by atoms with Gasteiger partial charge < -0.3 is 10.6 Å². The molecule has 20 heavy (non-hydrogen) atoms. The quantitative estimate of drug-likeness (QED) is 0.873. The number of nitrogens with one attached hydrogen (secondary N) is 2. The molecular weight excluding hydrogens is 255 g/mol. The summed E-state index contributed by atoms with van der Waals surface area (Å²) in [7, 11) is 0. The van der Waals surface area contributed by atoms with Gasteiger partial charge in [-0.05, 0) is 31.2 Å². The molecule has 0 fully saturated rings. The lowest BCUT2D eigenvalue weighted by Gasteiger charge is -2.08. The van der Waals surface area contributed by atoms with Crippen molar-refractivity contribution < 1.29 is 9.18 Å². The first kappa shape index (κ1) is 14.1. The van der Waals surface area contributed by atoms with Gasteiger partial charge in [-0.3, -0.25) is 4.79 Å². The number of hydrogen-bond acceptors (Lipinski definition) is 2. The number of carbonyl (C=O) groups is 1. The Morgan fingerprint density at radius 1 is 1.10 bits per heavy atom. The van der Waals surface area contributed by atoms with Crippen molar-refractivity contribution in [1.82, 2.24) is 0 Å². The van der Waals surface area contributed by atoms with Crippen LogP contribution in [0.5, 0.6) is 0 Å². The zero-order valence-electron chi connectivity index (χ0n) is 11.3. The molecule has 2 rings (SSSR count). The molecule has 104 valence electrons. The molecule has 0 aliphatic rings. The Morgan fingerprint density at radius 3 is 2.50 bits per heavy atom. The van der Waals surface area contributed by atoms with Crippen LogP contribution in [-0.2, 0) is 4.79 Å². The first-order valence-corrected chi connectivity index (χ1v) is 6.50. The lowest BCUT2D eigenvalue weighted by Crippen LogP contribution is -2.16. The Labute approximate surface area is 117 Å². The van der Waals surface area contributed by atoms with E-state index < -0.39 is 0 Å². The molecule has 2 N–H and O–H groups in total. The van der Waals surface area contributed by atoms with Crippen LogP contribution in [0.15, 0.2) is 48.5 Å². The predicted octanol–water partition coefficient (Wildman–Crippen LogP) is 3.57. The van der Waals surface area contributed by atoms with Crippen molar-refractivity contribution in [3.63, 3.8) is 0 Å². The molecule has 0 radical (unpaired) electrons. The highest BCUT2D eigenvalue weighted by Crippen LogP contribution is 2.12. The second-order valence-corrected chi connectivity index (χ2v) is 4.57. The maximum Gasteiger partial charge on any atom is 0.226 e. The summed E-state index contributed by atoms with van der Waals surface area (Å²) in [5.41, 5.74) is 2.33. The Hall–Kier alpha value is -2.36. The van der Waals surface area contributed by atoms with E-state index in [-0.39, 0.29) is 18.1 Å². The van der Waals surface area contributed by atoms with Gasteiger partial charge in [0.15, 0.2) is 0 Å². The third kappa shape index (κ3) is 4.09. The Balaban J connectivity index is 1.78. The van der Waals surface area contributed by atoms with Crippen LogP contribution in [0.2, 0.25) is 0 Å². The first-order chi connectivity index (χ1) is 9.65. The summed E-state index contributed by atoms with van der Waals surface area (Å²) in [5.74, 6) is -0.413. The molecule has 0 spiro atoms. The summed E-state index contributed by atoms with van der Waals surface area (Å²) in [5, 5.41) is 5.70. The maximum absolute atomic E-state index is 13.3. The number of hydrogen-bond donors (Lipinski definition) is 2. The summed E-state index contributed by atoms with van der Waals surface area (Å²) in [6, 6.07) is 14.0. The molecule has 0 aliphatic heterocycles. The number of para-hydroxylation sites is 1. The summed E-state index contributed by atoms with van der Waals surface area (Å²) in [4.78, 5) is 11.7. The number of benzene rings is 2. The van der Waals surface area contributed by atoms with Crippen LogP contribution in [0.4, 0.5) is 15.8 Å². The van der Waals surface area contributed by atoms with E-state index in [4.69, 9.17) is 0 Å². The van der Waals surface area contributed by atoms with Crippen LogP contribution in [0, 0.1) is 12.7 Å². The standard InChI is InChI=1S/C16H17FN2O/c1-12-6-8-13(9-7-12)19-16(20)10-11-18-15-5-3-2-4-14(15)17/h2-9,18H,10-11H2,1H3,(H,19,20). The third-order valence-electron chi connectivity index (χ3n) is 2.88. The van der Waals surface area contributed by atoms with Crippen LogP contribution in [-0.4, -0.2) is 12.5 Å². The van der Waals surface area contributed by atoms with Gasteiger partial charge in [0, 0.05) is 18.7 Å². The monoisotopic (exact) mass is 272 g/mol. The van der Waals surface area contributed by atoms with Gasteiger partial charge in [0.25, 0.3) is 0 Å². The van der Waals surface area contributed by atoms with Crippen molar-refractivity contribution >= 4 is 17.3 Å². The van der Waals surface area contributed by atoms with Crippen molar-refractivity contribution in [3.05, 3.63) is 59.9 Å². The Kier molecular flexibility index (Phi) is 4.71. The highest BCUT2D eigenvalue weighted by molar-refractivity contribution is 5.90. The van der Waals surface area contributed by atoms with Gasteiger partial charge in [0.1, 0.15) is 5.82 Å². The maximum atomic E-state index is 13.3. The van der Waals surface area contributed by atoms with Crippen molar-refractivity contribution in [2.45, 2.75) is 13.3 Å². The Morgan fingerprint density at radius 2 is 1.80 bits per heavy atom. The minimum atomic E-state index is -0.313. The summed E-state index contributed by atoms with van der Waals surface area (Å²) >= 11 is 0.